The maximum atomic E-state index is 13.0. The largest absolute Gasteiger partial charge is 0.354 e. The van der Waals surface area contributed by atoms with Crippen molar-refractivity contribution in [3.8, 4) is 0 Å². The van der Waals surface area contributed by atoms with Crippen LogP contribution in [0, 0.1) is 0 Å². The highest BCUT2D eigenvalue weighted by Gasteiger charge is 2.28. The standard InChI is InChI=1S/C25H36N4O2/c26-17-7-14-23(25(31)28-19-8-13-21-9-3-1-4-10-21)29(24(30)15-18-27)20-16-22-11-5-2-6-12-22/h1-6,9-12,23H,7-8,13-20,26-27H2,(H,28,31). The Labute approximate surface area is 186 Å². The van der Waals surface area contributed by atoms with Gasteiger partial charge in [0, 0.05) is 26.1 Å². The van der Waals surface area contributed by atoms with Crippen molar-refractivity contribution in [3.05, 3.63) is 71.8 Å². The second-order valence-corrected chi connectivity index (χ2v) is 7.69. The maximum absolute atomic E-state index is 13.0. The number of rotatable bonds is 14. The van der Waals surface area contributed by atoms with E-state index < -0.39 is 6.04 Å². The van der Waals surface area contributed by atoms with Crippen molar-refractivity contribution in [3.63, 3.8) is 0 Å². The van der Waals surface area contributed by atoms with Gasteiger partial charge in [-0.25, -0.2) is 0 Å². The highest BCUT2D eigenvalue weighted by molar-refractivity contribution is 5.87. The summed E-state index contributed by atoms with van der Waals surface area (Å²) in [4.78, 5) is 27.6. The van der Waals surface area contributed by atoms with Gasteiger partial charge < -0.3 is 21.7 Å². The lowest BCUT2D eigenvalue weighted by molar-refractivity contribution is -0.140. The van der Waals surface area contributed by atoms with Gasteiger partial charge in [-0.15, -0.1) is 0 Å². The molecule has 2 amide bonds. The third-order valence-corrected chi connectivity index (χ3v) is 5.31. The Hall–Kier alpha value is -2.70. The molecule has 0 bridgehead atoms. The average molecular weight is 425 g/mol. The van der Waals surface area contributed by atoms with Crippen LogP contribution in [-0.2, 0) is 22.4 Å². The van der Waals surface area contributed by atoms with Gasteiger partial charge in [-0.1, -0.05) is 60.7 Å². The van der Waals surface area contributed by atoms with Crippen LogP contribution in [0.25, 0.3) is 0 Å². The zero-order chi connectivity index (χ0) is 22.3. The van der Waals surface area contributed by atoms with E-state index in [0.29, 0.717) is 38.9 Å². The molecule has 0 saturated heterocycles. The van der Waals surface area contributed by atoms with E-state index in [0.717, 1.165) is 18.4 Å². The molecule has 0 aromatic heterocycles. The molecule has 0 spiro atoms. The first-order chi connectivity index (χ1) is 15.2. The van der Waals surface area contributed by atoms with Crippen molar-refractivity contribution in [1.82, 2.24) is 10.2 Å². The molecule has 2 rings (SSSR count). The lowest BCUT2D eigenvalue weighted by Gasteiger charge is -2.31. The summed E-state index contributed by atoms with van der Waals surface area (Å²) >= 11 is 0. The van der Waals surface area contributed by atoms with Gasteiger partial charge in [-0.3, -0.25) is 9.59 Å². The minimum atomic E-state index is -0.525. The number of carbonyl (C=O) groups is 2. The molecule has 168 valence electrons. The second kappa shape index (κ2) is 14.3. The van der Waals surface area contributed by atoms with Crippen LogP contribution >= 0.6 is 0 Å². The molecular formula is C25H36N4O2. The highest BCUT2D eigenvalue weighted by atomic mass is 16.2. The molecule has 0 saturated carbocycles. The number of hydrogen-bond donors (Lipinski definition) is 3. The molecule has 0 radical (unpaired) electrons. The molecule has 1 unspecified atom stereocenters. The van der Waals surface area contributed by atoms with Crippen LogP contribution in [0.2, 0.25) is 0 Å². The van der Waals surface area contributed by atoms with E-state index in [1.165, 1.54) is 5.56 Å². The van der Waals surface area contributed by atoms with Crippen LogP contribution in [0.3, 0.4) is 0 Å². The van der Waals surface area contributed by atoms with Crippen molar-refractivity contribution < 1.29 is 9.59 Å². The molecule has 0 heterocycles. The number of carbonyl (C=O) groups excluding carboxylic acids is 2. The third kappa shape index (κ3) is 8.90. The summed E-state index contributed by atoms with van der Waals surface area (Å²) in [6.07, 6.45) is 3.90. The second-order valence-electron chi connectivity index (χ2n) is 7.69. The number of nitrogens with one attached hydrogen (secondary N) is 1. The van der Waals surface area contributed by atoms with Crippen molar-refractivity contribution in [2.45, 2.75) is 44.6 Å². The third-order valence-electron chi connectivity index (χ3n) is 5.31. The first kappa shape index (κ1) is 24.6. The average Bonchev–Trinajstić information content (AvgIpc) is 2.80. The SMILES string of the molecule is NCCCC(C(=O)NCCCc1ccccc1)N(CCc1ccccc1)C(=O)CCN. The first-order valence-corrected chi connectivity index (χ1v) is 11.2. The number of hydrogen-bond acceptors (Lipinski definition) is 4. The number of nitrogens with zero attached hydrogens (tertiary/aromatic N) is 1. The molecule has 0 fully saturated rings. The molecule has 0 aliphatic carbocycles. The fourth-order valence-electron chi connectivity index (χ4n) is 3.62. The smallest absolute Gasteiger partial charge is 0.242 e. The first-order valence-electron chi connectivity index (χ1n) is 11.2. The maximum Gasteiger partial charge on any atom is 0.242 e. The number of benzene rings is 2. The van der Waals surface area contributed by atoms with E-state index in [1.807, 2.05) is 48.5 Å². The van der Waals surface area contributed by atoms with E-state index in [4.69, 9.17) is 11.5 Å². The Morgan fingerprint density at radius 2 is 1.45 bits per heavy atom. The molecule has 6 heteroatoms. The molecule has 6 nitrogen and oxygen atoms in total. The van der Waals surface area contributed by atoms with Gasteiger partial charge in [0.15, 0.2) is 0 Å². The van der Waals surface area contributed by atoms with E-state index in [1.54, 1.807) is 4.90 Å². The van der Waals surface area contributed by atoms with Crippen molar-refractivity contribution >= 4 is 11.8 Å². The van der Waals surface area contributed by atoms with Crippen LogP contribution in [-0.4, -0.2) is 48.9 Å². The van der Waals surface area contributed by atoms with Crippen LogP contribution < -0.4 is 16.8 Å². The summed E-state index contributed by atoms with van der Waals surface area (Å²) in [5, 5.41) is 3.03. The predicted octanol–water partition coefficient (Wildman–Crippen LogP) is 2.26. The Morgan fingerprint density at radius 1 is 0.839 bits per heavy atom. The van der Waals surface area contributed by atoms with Crippen LogP contribution in [0.15, 0.2) is 60.7 Å². The Bertz CT molecular complexity index is 768. The van der Waals surface area contributed by atoms with Crippen LogP contribution in [0.1, 0.15) is 36.8 Å². The monoisotopic (exact) mass is 424 g/mol. The van der Waals surface area contributed by atoms with Gasteiger partial charge in [0.1, 0.15) is 6.04 Å². The quantitative estimate of drug-likeness (QED) is 0.405. The molecule has 5 N–H and O–H groups in total. The van der Waals surface area contributed by atoms with Crippen LogP contribution in [0.4, 0.5) is 0 Å². The number of aryl methyl sites for hydroxylation is 1. The predicted molar refractivity (Wildman–Crippen MR) is 125 cm³/mol. The summed E-state index contributed by atoms with van der Waals surface area (Å²) in [5.74, 6) is -0.195. The molecule has 2 aromatic rings. The number of nitrogens with two attached hydrogens (primary N) is 2. The minimum Gasteiger partial charge on any atom is -0.354 e. The zero-order valence-corrected chi connectivity index (χ0v) is 18.3. The lowest BCUT2D eigenvalue weighted by atomic mass is 10.1. The minimum absolute atomic E-state index is 0.0834. The van der Waals surface area contributed by atoms with E-state index >= 15 is 0 Å². The molecular weight excluding hydrogens is 388 g/mol. The molecule has 31 heavy (non-hydrogen) atoms. The Kier molecular flexibility index (Phi) is 11.4. The van der Waals surface area contributed by atoms with Crippen LogP contribution in [0.5, 0.6) is 0 Å². The van der Waals surface area contributed by atoms with E-state index in [-0.39, 0.29) is 24.8 Å². The van der Waals surface area contributed by atoms with Gasteiger partial charge in [-0.05, 0) is 49.8 Å². The van der Waals surface area contributed by atoms with Gasteiger partial charge in [0.05, 0.1) is 0 Å². The summed E-state index contributed by atoms with van der Waals surface area (Å²) < 4.78 is 0. The Morgan fingerprint density at radius 3 is 2.03 bits per heavy atom. The van der Waals surface area contributed by atoms with E-state index in [2.05, 4.69) is 17.4 Å². The number of amides is 2. The summed E-state index contributed by atoms with van der Waals surface area (Å²) in [6, 6.07) is 19.7. The van der Waals surface area contributed by atoms with Gasteiger partial charge in [0.25, 0.3) is 0 Å². The normalized spacial score (nSPS) is 11.7. The van der Waals surface area contributed by atoms with Gasteiger partial charge in [0.2, 0.25) is 11.8 Å². The van der Waals surface area contributed by atoms with Gasteiger partial charge in [-0.2, -0.15) is 0 Å². The lowest BCUT2D eigenvalue weighted by Crippen LogP contribution is -2.51. The summed E-state index contributed by atoms with van der Waals surface area (Å²) in [7, 11) is 0. The Balaban J connectivity index is 2.00. The van der Waals surface area contributed by atoms with E-state index in [9.17, 15) is 9.59 Å². The molecule has 0 aliphatic heterocycles. The summed E-state index contributed by atoms with van der Waals surface area (Å²) in [5.41, 5.74) is 13.7. The fraction of sp³-hybridized carbons (Fsp3) is 0.440. The zero-order valence-electron chi connectivity index (χ0n) is 18.3. The van der Waals surface area contributed by atoms with Gasteiger partial charge >= 0.3 is 0 Å². The summed E-state index contributed by atoms with van der Waals surface area (Å²) in [6.45, 7) is 1.80. The fourth-order valence-corrected chi connectivity index (χ4v) is 3.62. The molecule has 1 atom stereocenters. The molecule has 2 aromatic carbocycles. The topological polar surface area (TPSA) is 101 Å². The van der Waals surface area contributed by atoms with Crippen molar-refractivity contribution in [1.29, 1.82) is 0 Å². The highest BCUT2D eigenvalue weighted by Crippen LogP contribution is 2.12. The van der Waals surface area contributed by atoms with Crippen molar-refractivity contribution in [2.75, 3.05) is 26.2 Å². The van der Waals surface area contributed by atoms with Crippen molar-refractivity contribution in [2.24, 2.45) is 11.5 Å². The molecule has 0 aliphatic rings.